The Morgan fingerprint density at radius 3 is 2.14 bits per heavy atom. The lowest BCUT2D eigenvalue weighted by atomic mass is 9.64. The molecule has 2 heteroatoms. The Morgan fingerprint density at radius 2 is 1.48 bits per heavy atom. The van der Waals surface area contributed by atoms with E-state index in [4.69, 9.17) is 0 Å². The minimum absolute atomic E-state index is 0.265. The van der Waals surface area contributed by atoms with Gasteiger partial charge in [0.05, 0.1) is 0 Å². The van der Waals surface area contributed by atoms with E-state index in [0.717, 1.165) is 42.4 Å². The zero-order valence-electron chi connectivity index (χ0n) is 12.5. The molecule has 2 nitrogen and oxygen atoms in total. The second kappa shape index (κ2) is 5.44. The van der Waals surface area contributed by atoms with Gasteiger partial charge in [-0.3, -0.25) is 0 Å². The molecule has 0 saturated heterocycles. The second-order valence-corrected chi connectivity index (χ2v) is 6.13. The summed E-state index contributed by atoms with van der Waals surface area (Å²) in [5.74, 6) is 0.683. The molecule has 0 aromatic heterocycles. The number of phenols is 2. The van der Waals surface area contributed by atoms with Crippen molar-refractivity contribution in [1.82, 2.24) is 0 Å². The SMILES string of the molecule is Cc1cccc(O)c1C1(c2ccccc2O)CCCCC1. The fraction of sp³-hybridized carbons (Fsp3) is 0.368. The van der Waals surface area contributed by atoms with Crippen molar-refractivity contribution in [2.75, 3.05) is 0 Å². The Labute approximate surface area is 126 Å². The van der Waals surface area contributed by atoms with Crippen LogP contribution in [0, 0.1) is 6.92 Å². The zero-order chi connectivity index (χ0) is 14.9. The van der Waals surface area contributed by atoms with Crippen LogP contribution in [0.3, 0.4) is 0 Å². The van der Waals surface area contributed by atoms with Crippen molar-refractivity contribution in [3.8, 4) is 11.5 Å². The number of benzene rings is 2. The van der Waals surface area contributed by atoms with Gasteiger partial charge in [-0.2, -0.15) is 0 Å². The van der Waals surface area contributed by atoms with Gasteiger partial charge in [0, 0.05) is 16.5 Å². The van der Waals surface area contributed by atoms with Crippen LogP contribution in [0.1, 0.15) is 48.8 Å². The molecule has 2 N–H and O–H groups in total. The molecule has 0 spiro atoms. The van der Waals surface area contributed by atoms with Crippen LogP contribution in [0.4, 0.5) is 0 Å². The van der Waals surface area contributed by atoms with Crippen molar-refractivity contribution in [1.29, 1.82) is 0 Å². The number of aromatic hydroxyl groups is 2. The number of hydrogen-bond acceptors (Lipinski definition) is 2. The molecule has 0 atom stereocenters. The van der Waals surface area contributed by atoms with Crippen LogP contribution in [-0.2, 0) is 5.41 Å². The fourth-order valence-corrected chi connectivity index (χ4v) is 3.96. The van der Waals surface area contributed by atoms with Gasteiger partial charge in [-0.25, -0.2) is 0 Å². The quantitative estimate of drug-likeness (QED) is 0.841. The Balaban J connectivity index is 2.25. The van der Waals surface area contributed by atoms with E-state index in [2.05, 4.69) is 0 Å². The number of aryl methyl sites for hydroxylation is 1. The van der Waals surface area contributed by atoms with E-state index >= 15 is 0 Å². The van der Waals surface area contributed by atoms with E-state index in [1.165, 1.54) is 6.42 Å². The highest BCUT2D eigenvalue weighted by molar-refractivity contribution is 5.54. The number of rotatable bonds is 2. The molecule has 2 aromatic rings. The molecular weight excluding hydrogens is 260 g/mol. The molecule has 0 bridgehead atoms. The normalized spacial score (nSPS) is 17.6. The van der Waals surface area contributed by atoms with Gasteiger partial charge in [0.15, 0.2) is 0 Å². The lowest BCUT2D eigenvalue weighted by Crippen LogP contribution is -2.31. The van der Waals surface area contributed by atoms with E-state index in [9.17, 15) is 10.2 Å². The van der Waals surface area contributed by atoms with Crippen molar-refractivity contribution >= 4 is 0 Å². The van der Waals surface area contributed by atoms with Gasteiger partial charge in [0.25, 0.3) is 0 Å². The van der Waals surface area contributed by atoms with Gasteiger partial charge >= 0.3 is 0 Å². The van der Waals surface area contributed by atoms with Gasteiger partial charge in [-0.05, 0) is 37.5 Å². The topological polar surface area (TPSA) is 40.5 Å². The first-order valence-electron chi connectivity index (χ1n) is 7.73. The van der Waals surface area contributed by atoms with Crippen LogP contribution in [0.2, 0.25) is 0 Å². The first kappa shape index (κ1) is 14.0. The Hall–Kier alpha value is -1.96. The molecule has 2 aromatic carbocycles. The van der Waals surface area contributed by atoms with E-state index in [-0.39, 0.29) is 5.41 Å². The van der Waals surface area contributed by atoms with E-state index in [1.807, 2.05) is 37.3 Å². The van der Waals surface area contributed by atoms with Gasteiger partial charge in [0.1, 0.15) is 11.5 Å². The van der Waals surface area contributed by atoms with Crippen LogP contribution in [0.15, 0.2) is 42.5 Å². The van der Waals surface area contributed by atoms with Crippen LogP contribution in [0.25, 0.3) is 0 Å². The molecule has 1 aliphatic rings. The van der Waals surface area contributed by atoms with E-state index < -0.39 is 0 Å². The average molecular weight is 282 g/mol. The number of hydrogen-bond donors (Lipinski definition) is 2. The summed E-state index contributed by atoms with van der Waals surface area (Å²) in [4.78, 5) is 0. The standard InChI is InChI=1S/C19H22O2/c1-14-8-7-11-17(21)18(14)19(12-5-2-6-13-19)15-9-3-4-10-16(15)20/h3-4,7-11,20-21H,2,5-6,12-13H2,1H3. The molecule has 0 heterocycles. The van der Waals surface area contributed by atoms with Crippen molar-refractivity contribution in [3.63, 3.8) is 0 Å². The van der Waals surface area contributed by atoms with Gasteiger partial charge in [-0.15, -0.1) is 0 Å². The third-order valence-corrected chi connectivity index (χ3v) is 4.86. The summed E-state index contributed by atoms with van der Waals surface area (Å²) in [5.41, 5.74) is 2.78. The fourth-order valence-electron chi connectivity index (χ4n) is 3.96. The second-order valence-electron chi connectivity index (χ2n) is 6.13. The van der Waals surface area contributed by atoms with Crippen LogP contribution in [0.5, 0.6) is 11.5 Å². The summed E-state index contributed by atoms with van der Waals surface area (Å²) < 4.78 is 0. The number of para-hydroxylation sites is 1. The molecule has 110 valence electrons. The maximum Gasteiger partial charge on any atom is 0.119 e. The van der Waals surface area contributed by atoms with Gasteiger partial charge in [0.2, 0.25) is 0 Å². The highest BCUT2D eigenvalue weighted by Gasteiger charge is 2.40. The van der Waals surface area contributed by atoms with E-state index in [1.54, 1.807) is 12.1 Å². The Morgan fingerprint density at radius 1 is 0.810 bits per heavy atom. The number of phenolic OH excluding ortho intramolecular Hbond substituents is 2. The molecule has 0 radical (unpaired) electrons. The van der Waals surface area contributed by atoms with Crippen LogP contribution in [-0.4, -0.2) is 10.2 Å². The molecule has 1 fully saturated rings. The largest absolute Gasteiger partial charge is 0.508 e. The molecule has 1 saturated carbocycles. The highest BCUT2D eigenvalue weighted by atomic mass is 16.3. The average Bonchev–Trinajstić information content (AvgIpc) is 2.48. The zero-order valence-corrected chi connectivity index (χ0v) is 12.5. The third kappa shape index (κ3) is 2.29. The summed E-state index contributed by atoms with van der Waals surface area (Å²) in [7, 11) is 0. The third-order valence-electron chi connectivity index (χ3n) is 4.86. The van der Waals surface area contributed by atoms with Crippen molar-refractivity contribution < 1.29 is 10.2 Å². The molecule has 1 aliphatic carbocycles. The summed E-state index contributed by atoms with van der Waals surface area (Å²) in [6.07, 6.45) is 5.43. The molecule has 0 amide bonds. The van der Waals surface area contributed by atoms with Crippen molar-refractivity contribution in [2.24, 2.45) is 0 Å². The smallest absolute Gasteiger partial charge is 0.119 e. The summed E-state index contributed by atoms with van der Waals surface area (Å²) in [5, 5.41) is 20.9. The molecule has 0 aliphatic heterocycles. The predicted molar refractivity (Wildman–Crippen MR) is 84.8 cm³/mol. The van der Waals surface area contributed by atoms with Crippen molar-refractivity contribution in [3.05, 3.63) is 59.2 Å². The van der Waals surface area contributed by atoms with Crippen molar-refractivity contribution in [2.45, 2.75) is 44.4 Å². The Kier molecular flexibility index (Phi) is 3.62. The molecular formula is C19H22O2. The first-order chi connectivity index (χ1) is 10.1. The predicted octanol–water partition coefficient (Wildman–Crippen LogP) is 4.66. The monoisotopic (exact) mass is 282 g/mol. The lowest BCUT2D eigenvalue weighted by molar-refractivity contribution is 0.320. The minimum Gasteiger partial charge on any atom is -0.508 e. The molecule has 0 unspecified atom stereocenters. The molecule has 21 heavy (non-hydrogen) atoms. The maximum atomic E-state index is 10.5. The van der Waals surface area contributed by atoms with E-state index in [0.29, 0.717) is 11.5 Å². The Bertz CT molecular complexity index is 620. The van der Waals surface area contributed by atoms with Gasteiger partial charge in [-0.1, -0.05) is 49.6 Å². The first-order valence-corrected chi connectivity index (χ1v) is 7.73. The summed E-state index contributed by atoms with van der Waals surface area (Å²) >= 11 is 0. The van der Waals surface area contributed by atoms with Crippen LogP contribution < -0.4 is 0 Å². The highest BCUT2D eigenvalue weighted by Crippen LogP contribution is 2.51. The lowest BCUT2D eigenvalue weighted by Gasteiger charge is -2.40. The maximum absolute atomic E-state index is 10.5. The van der Waals surface area contributed by atoms with Crippen LogP contribution >= 0.6 is 0 Å². The van der Waals surface area contributed by atoms with Gasteiger partial charge < -0.3 is 10.2 Å². The molecule has 3 rings (SSSR count). The minimum atomic E-state index is -0.265. The summed E-state index contributed by atoms with van der Waals surface area (Å²) in [6.45, 7) is 2.05. The summed E-state index contributed by atoms with van der Waals surface area (Å²) in [6, 6.07) is 13.3.